The van der Waals surface area contributed by atoms with Crippen LogP contribution in [0.2, 0.25) is 0 Å². The molecule has 1 atom stereocenters. The second kappa shape index (κ2) is 6.96. The molecule has 4 heteroatoms. The summed E-state index contributed by atoms with van der Waals surface area (Å²) < 4.78 is 6.04. The molecule has 1 aromatic heterocycles. The number of nitrogens with one attached hydrogen (secondary N) is 1. The molecule has 4 nitrogen and oxygen atoms in total. The molecule has 134 valence electrons. The molecule has 0 fully saturated rings. The molecule has 1 aliphatic carbocycles. The number of hydrogen-bond acceptors (Lipinski definition) is 3. The number of hydrogen-bond donors (Lipinski definition) is 1. The first-order chi connectivity index (χ1) is 12.6. The van der Waals surface area contributed by atoms with Crippen molar-refractivity contribution < 1.29 is 9.21 Å². The Kier molecular flexibility index (Phi) is 4.51. The lowest BCUT2D eigenvalue weighted by Gasteiger charge is -2.27. The third-order valence-corrected chi connectivity index (χ3v) is 5.24. The number of likely N-dealkylation sites (N-methyl/N-ethyl adjacent to an activating group) is 1. The lowest BCUT2D eigenvalue weighted by atomic mass is 9.91. The van der Waals surface area contributed by atoms with Crippen LogP contribution in [0.1, 0.15) is 23.3 Å². The number of carbonyl (C=O) groups is 1. The summed E-state index contributed by atoms with van der Waals surface area (Å²) in [7, 11) is 4.26. The standard InChI is InChI=1S/C22H24N2O2/c1-24(2)17-9-11-21-19(14-17)18-13-16(8-10-20(18)26-21)23-22(25)12-15-6-4-3-5-7-15/h3-8,10,13,17H,9,11-12,14H2,1-2H3,(H,23,25). The van der Waals surface area contributed by atoms with Gasteiger partial charge in [-0.2, -0.15) is 0 Å². The van der Waals surface area contributed by atoms with Gasteiger partial charge in [0.05, 0.1) is 6.42 Å². The first kappa shape index (κ1) is 16.9. The Hall–Kier alpha value is -2.59. The highest BCUT2D eigenvalue weighted by Crippen LogP contribution is 2.34. The maximum atomic E-state index is 12.3. The molecule has 0 radical (unpaired) electrons. The van der Waals surface area contributed by atoms with Crippen molar-refractivity contribution in [2.75, 3.05) is 19.4 Å². The highest BCUT2D eigenvalue weighted by molar-refractivity contribution is 5.95. The van der Waals surface area contributed by atoms with E-state index in [1.54, 1.807) is 0 Å². The topological polar surface area (TPSA) is 45.5 Å². The van der Waals surface area contributed by atoms with Crippen molar-refractivity contribution in [1.29, 1.82) is 0 Å². The summed E-state index contributed by atoms with van der Waals surface area (Å²) in [4.78, 5) is 14.6. The number of aryl methyl sites for hydroxylation is 1. The van der Waals surface area contributed by atoms with Crippen molar-refractivity contribution >= 4 is 22.6 Å². The number of rotatable bonds is 4. The molecule has 0 spiro atoms. The fourth-order valence-corrected chi connectivity index (χ4v) is 3.77. The average Bonchev–Trinajstić information content (AvgIpc) is 2.99. The normalized spacial score (nSPS) is 16.7. The Balaban J connectivity index is 1.56. The number of fused-ring (bicyclic) bond motifs is 3. The summed E-state index contributed by atoms with van der Waals surface area (Å²) >= 11 is 0. The molecule has 0 aliphatic heterocycles. The van der Waals surface area contributed by atoms with Gasteiger partial charge < -0.3 is 14.6 Å². The van der Waals surface area contributed by atoms with E-state index in [0.717, 1.165) is 47.2 Å². The summed E-state index contributed by atoms with van der Waals surface area (Å²) in [5, 5.41) is 4.15. The number of nitrogens with zero attached hydrogens (tertiary/aromatic N) is 1. The Bertz CT molecular complexity index is 928. The van der Waals surface area contributed by atoms with E-state index >= 15 is 0 Å². The second-order valence-corrected chi connectivity index (χ2v) is 7.29. The number of carbonyl (C=O) groups excluding carboxylic acids is 1. The van der Waals surface area contributed by atoms with E-state index in [9.17, 15) is 4.79 Å². The second-order valence-electron chi connectivity index (χ2n) is 7.29. The van der Waals surface area contributed by atoms with Crippen LogP contribution in [-0.2, 0) is 24.1 Å². The van der Waals surface area contributed by atoms with Crippen LogP contribution in [0, 0.1) is 0 Å². The van der Waals surface area contributed by atoms with Crippen molar-refractivity contribution in [1.82, 2.24) is 4.90 Å². The van der Waals surface area contributed by atoms with Gasteiger partial charge in [-0.3, -0.25) is 4.79 Å². The molecule has 1 unspecified atom stereocenters. The minimum Gasteiger partial charge on any atom is -0.461 e. The third kappa shape index (κ3) is 3.37. The largest absolute Gasteiger partial charge is 0.461 e. The van der Waals surface area contributed by atoms with Crippen LogP contribution in [0.3, 0.4) is 0 Å². The van der Waals surface area contributed by atoms with E-state index < -0.39 is 0 Å². The Labute approximate surface area is 153 Å². The van der Waals surface area contributed by atoms with Gasteiger partial charge in [-0.05, 0) is 50.7 Å². The minimum absolute atomic E-state index is 0.000851. The maximum absolute atomic E-state index is 12.3. The van der Waals surface area contributed by atoms with Crippen LogP contribution in [-0.4, -0.2) is 30.9 Å². The molecule has 3 aromatic rings. The summed E-state index contributed by atoms with van der Waals surface area (Å²) in [6.07, 6.45) is 3.48. The van der Waals surface area contributed by atoms with E-state index in [4.69, 9.17) is 4.42 Å². The summed E-state index contributed by atoms with van der Waals surface area (Å²) in [5.74, 6) is 1.10. The average molecular weight is 348 g/mol. The molecule has 2 aromatic carbocycles. The van der Waals surface area contributed by atoms with Crippen LogP contribution in [0.25, 0.3) is 11.0 Å². The van der Waals surface area contributed by atoms with Gasteiger partial charge >= 0.3 is 0 Å². The lowest BCUT2D eigenvalue weighted by molar-refractivity contribution is -0.115. The van der Waals surface area contributed by atoms with E-state index in [-0.39, 0.29) is 5.91 Å². The lowest BCUT2D eigenvalue weighted by Crippen LogP contribution is -2.33. The van der Waals surface area contributed by atoms with Gasteiger partial charge in [0.15, 0.2) is 0 Å². The molecular weight excluding hydrogens is 324 g/mol. The summed E-state index contributed by atoms with van der Waals surface area (Å²) in [6.45, 7) is 0. The van der Waals surface area contributed by atoms with E-state index in [0.29, 0.717) is 12.5 Å². The highest BCUT2D eigenvalue weighted by Gasteiger charge is 2.25. The van der Waals surface area contributed by atoms with E-state index in [1.807, 2.05) is 42.5 Å². The summed E-state index contributed by atoms with van der Waals surface area (Å²) in [6, 6.07) is 16.3. The van der Waals surface area contributed by atoms with Crippen LogP contribution in [0.5, 0.6) is 0 Å². The zero-order chi connectivity index (χ0) is 18.1. The zero-order valence-corrected chi connectivity index (χ0v) is 15.3. The van der Waals surface area contributed by atoms with Crippen LogP contribution in [0.4, 0.5) is 5.69 Å². The molecule has 0 bridgehead atoms. The van der Waals surface area contributed by atoms with Crippen molar-refractivity contribution in [3.63, 3.8) is 0 Å². The highest BCUT2D eigenvalue weighted by atomic mass is 16.3. The van der Waals surface area contributed by atoms with Crippen LogP contribution < -0.4 is 5.32 Å². The van der Waals surface area contributed by atoms with Gasteiger partial charge in [-0.15, -0.1) is 0 Å². The van der Waals surface area contributed by atoms with Crippen molar-refractivity contribution in [2.24, 2.45) is 0 Å². The molecular formula is C22H24N2O2. The molecule has 1 heterocycles. The minimum atomic E-state index is -0.000851. The molecule has 26 heavy (non-hydrogen) atoms. The predicted octanol–water partition coefficient (Wildman–Crippen LogP) is 4.03. The third-order valence-electron chi connectivity index (χ3n) is 5.24. The van der Waals surface area contributed by atoms with Gasteiger partial charge in [0.25, 0.3) is 0 Å². The van der Waals surface area contributed by atoms with Gasteiger partial charge in [-0.1, -0.05) is 30.3 Å². The summed E-state index contributed by atoms with van der Waals surface area (Å²) in [5.41, 5.74) is 4.05. The van der Waals surface area contributed by atoms with Crippen molar-refractivity contribution in [3.8, 4) is 0 Å². The van der Waals surface area contributed by atoms with Gasteiger partial charge in [0.1, 0.15) is 11.3 Å². The Morgan fingerprint density at radius 1 is 1.19 bits per heavy atom. The SMILES string of the molecule is CN(C)C1CCc2oc3ccc(NC(=O)Cc4ccccc4)cc3c2C1. The molecule has 1 aliphatic rings. The number of anilines is 1. The monoisotopic (exact) mass is 348 g/mol. The molecule has 1 N–H and O–H groups in total. The number of amides is 1. The van der Waals surface area contributed by atoms with E-state index in [1.165, 1.54) is 5.56 Å². The number of furan rings is 1. The maximum Gasteiger partial charge on any atom is 0.228 e. The first-order valence-electron chi connectivity index (χ1n) is 9.14. The molecule has 0 saturated carbocycles. The smallest absolute Gasteiger partial charge is 0.228 e. The Morgan fingerprint density at radius 2 is 2.00 bits per heavy atom. The molecule has 1 amide bonds. The van der Waals surface area contributed by atoms with Crippen LogP contribution in [0.15, 0.2) is 52.9 Å². The van der Waals surface area contributed by atoms with Crippen molar-refractivity contribution in [3.05, 3.63) is 65.4 Å². The van der Waals surface area contributed by atoms with Gasteiger partial charge in [0, 0.05) is 29.1 Å². The number of benzene rings is 2. The Morgan fingerprint density at radius 3 is 2.77 bits per heavy atom. The zero-order valence-electron chi connectivity index (χ0n) is 15.3. The fourth-order valence-electron chi connectivity index (χ4n) is 3.77. The van der Waals surface area contributed by atoms with Crippen molar-refractivity contribution in [2.45, 2.75) is 31.7 Å². The first-order valence-corrected chi connectivity index (χ1v) is 9.14. The van der Waals surface area contributed by atoms with Crippen LogP contribution >= 0.6 is 0 Å². The van der Waals surface area contributed by atoms with Gasteiger partial charge in [-0.25, -0.2) is 0 Å². The fraction of sp³-hybridized carbons (Fsp3) is 0.318. The molecule has 4 rings (SSSR count). The van der Waals surface area contributed by atoms with E-state index in [2.05, 4.69) is 30.4 Å². The predicted molar refractivity (Wildman–Crippen MR) is 104 cm³/mol. The quantitative estimate of drug-likeness (QED) is 0.774. The molecule has 0 saturated heterocycles. The van der Waals surface area contributed by atoms with Gasteiger partial charge in [0.2, 0.25) is 5.91 Å².